The van der Waals surface area contributed by atoms with E-state index in [9.17, 15) is 18.0 Å². The van der Waals surface area contributed by atoms with Crippen LogP contribution in [-0.2, 0) is 14.8 Å². The van der Waals surface area contributed by atoms with E-state index in [1.165, 1.54) is 35.9 Å². The Morgan fingerprint density at radius 3 is 2.32 bits per heavy atom. The third-order valence-corrected chi connectivity index (χ3v) is 8.19. The van der Waals surface area contributed by atoms with Gasteiger partial charge in [0.25, 0.3) is 0 Å². The Bertz CT molecular complexity index is 1060. The Hall–Kier alpha value is -2.14. The van der Waals surface area contributed by atoms with Gasteiger partial charge in [0.1, 0.15) is 16.4 Å². The summed E-state index contributed by atoms with van der Waals surface area (Å²) in [5, 5.41) is 0. The number of nitrogens with zero attached hydrogens (tertiary/aromatic N) is 2. The van der Waals surface area contributed by atoms with Gasteiger partial charge in [-0.1, -0.05) is 11.6 Å². The summed E-state index contributed by atoms with van der Waals surface area (Å²) in [6, 6.07) is 7.89. The van der Waals surface area contributed by atoms with Gasteiger partial charge in [-0.05, 0) is 24.3 Å². The molecule has 1 aliphatic heterocycles. The summed E-state index contributed by atoms with van der Waals surface area (Å²) in [7, 11) is -0.956. The molecule has 0 bridgehead atoms. The van der Waals surface area contributed by atoms with Gasteiger partial charge in [-0.25, -0.2) is 8.42 Å². The van der Waals surface area contributed by atoms with Crippen LogP contribution >= 0.6 is 22.9 Å². The van der Waals surface area contributed by atoms with E-state index in [-0.39, 0.29) is 61.4 Å². The molecule has 0 N–H and O–H groups in total. The van der Waals surface area contributed by atoms with E-state index < -0.39 is 10.0 Å². The molecule has 1 fully saturated rings. The van der Waals surface area contributed by atoms with Crippen LogP contribution in [0.2, 0.25) is 4.34 Å². The molecule has 0 radical (unpaired) electrons. The fourth-order valence-electron chi connectivity index (χ4n) is 3.27. The summed E-state index contributed by atoms with van der Waals surface area (Å²) < 4.78 is 38.4. The van der Waals surface area contributed by atoms with Crippen LogP contribution < -0.4 is 9.47 Å². The van der Waals surface area contributed by atoms with E-state index in [0.717, 1.165) is 0 Å². The molecule has 0 atom stereocenters. The molecule has 1 amide bonds. The molecule has 3 rings (SSSR count). The predicted octanol–water partition coefficient (Wildman–Crippen LogP) is 2.91. The van der Waals surface area contributed by atoms with Crippen LogP contribution in [0.3, 0.4) is 0 Å². The maximum absolute atomic E-state index is 13.1. The Kier molecular flexibility index (Phi) is 7.58. The van der Waals surface area contributed by atoms with Crippen LogP contribution in [0.15, 0.2) is 35.2 Å². The molecule has 0 unspecified atom stereocenters. The molecular formula is C20H23ClN2O6S2. The number of carbonyl (C=O) groups is 2. The van der Waals surface area contributed by atoms with Gasteiger partial charge >= 0.3 is 0 Å². The number of ether oxygens (including phenoxy) is 2. The van der Waals surface area contributed by atoms with Crippen molar-refractivity contribution in [3.63, 3.8) is 0 Å². The first kappa shape index (κ1) is 23.5. The number of methoxy groups -OCH3 is 2. The highest BCUT2D eigenvalue weighted by Gasteiger charge is 2.32. The second kappa shape index (κ2) is 9.99. The van der Waals surface area contributed by atoms with Crippen molar-refractivity contribution in [2.45, 2.75) is 17.7 Å². The molecule has 1 saturated heterocycles. The van der Waals surface area contributed by atoms with Crippen LogP contribution in [0.4, 0.5) is 0 Å². The summed E-state index contributed by atoms with van der Waals surface area (Å²) in [6.45, 7) is 0.818. The zero-order chi connectivity index (χ0) is 22.6. The maximum atomic E-state index is 13.1. The topological polar surface area (TPSA) is 93.2 Å². The normalized spacial score (nSPS) is 15.0. The van der Waals surface area contributed by atoms with Crippen molar-refractivity contribution in [2.24, 2.45) is 0 Å². The van der Waals surface area contributed by atoms with E-state index in [1.54, 1.807) is 29.2 Å². The Labute approximate surface area is 190 Å². The predicted molar refractivity (Wildman–Crippen MR) is 118 cm³/mol. The van der Waals surface area contributed by atoms with Crippen molar-refractivity contribution >= 4 is 44.7 Å². The number of Topliss-reactive ketones (excluding diaryl/α,β-unsaturated/α-hetero) is 1. The summed E-state index contributed by atoms with van der Waals surface area (Å²) in [4.78, 5) is 26.8. The van der Waals surface area contributed by atoms with Gasteiger partial charge < -0.3 is 14.4 Å². The van der Waals surface area contributed by atoms with Gasteiger partial charge in [-0.3, -0.25) is 9.59 Å². The lowest BCUT2D eigenvalue weighted by Gasteiger charge is -2.34. The molecule has 11 heteroatoms. The van der Waals surface area contributed by atoms with Crippen molar-refractivity contribution in [2.75, 3.05) is 40.4 Å². The number of sulfonamides is 1. The summed E-state index contributed by atoms with van der Waals surface area (Å²) in [6.07, 6.45) is 0.167. The number of amides is 1. The first-order chi connectivity index (χ1) is 14.8. The molecule has 8 nitrogen and oxygen atoms in total. The molecule has 31 heavy (non-hydrogen) atoms. The molecular weight excluding hydrogens is 464 g/mol. The first-order valence-electron chi connectivity index (χ1n) is 9.54. The highest BCUT2D eigenvalue weighted by Crippen LogP contribution is 2.31. The molecule has 0 saturated carbocycles. The van der Waals surface area contributed by atoms with E-state index in [1.807, 2.05) is 0 Å². The van der Waals surface area contributed by atoms with E-state index in [4.69, 9.17) is 21.1 Å². The number of ketones is 1. The van der Waals surface area contributed by atoms with E-state index in [2.05, 4.69) is 0 Å². The Morgan fingerprint density at radius 1 is 1.03 bits per heavy atom. The molecule has 2 aromatic rings. The number of rotatable bonds is 8. The van der Waals surface area contributed by atoms with Crippen molar-refractivity contribution in [3.05, 3.63) is 39.5 Å². The highest BCUT2D eigenvalue weighted by molar-refractivity contribution is 7.89. The zero-order valence-electron chi connectivity index (χ0n) is 17.2. The zero-order valence-corrected chi connectivity index (χ0v) is 19.6. The van der Waals surface area contributed by atoms with Crippen molar-refractivity contribution in [3.8, 4) is 11.5 Å². The minimum absolute atomic E-state index is 0.0225. The van der Waals surface area contributed by atoms with Crippen molar-refractivity contribution < 1.29 is 27.5 Å². The van der Waals surface area contributed by atoms with Crippen LogP contribution in [0.1, 0.15) is 22.5 Å². The number of piperazine rings is 1. The smallest absolute Gasteiger partial charge is 0.247 e. The standard InChI is InChI=1S/C20H23ClN2O6S2/c1-28-14-3-5-16(29-2)18(13-14)31(26,27)23-11-9-22(10-12-23)20(25)8-4-15(24)17-6-7-19(21)30-17/h3,5-7,13H,4,8-12H2,1-2H3. The van der Waals surface area contributed by atoms with Gasteiger partial charge in [-0.15, -0.1) is 11.3 Å². The molecule has 0 spiro atoms. The third kappa shape index (κ3) is 5.38. The Morgan fingerprint density at radius 2 is 1.74 bits per heavy atom. The van der Waals surface area contributed by atoms with Crippen molar-refractivity contribution in [1.82, 2.24) is 9.21 Å². The summed E-state index contributed by atoms with van der Waals surface area (Å²) in [5.41, 5.74) is 0. The quantitative estimate of drug-likeness (QED) is 0.532. The number of benzene rings is 1. The average Bonchev–Trinajstić information content (AvgIpc) is 3.23. The SMILES string of the molecule is COc1ccc(OC)c(S(=O)(=O)N2CCN(C(=O)CCC(=O)c3ccc(Cl)s3)CC2)c1. The fourth-order valence-corrected chi connectivity index (χ4v) is 5.87. The summed E-state index contributed by atoms with van der Waals surface area (Å²) in [5.74, 6) is 0.333. The maximum Gasteiger partial charge on any atom is 0.247 e. The van der Waals surface area contributed by atoms with Gasteiger partial charge in [0, 0.05) is 45.1 Å². The minimum Gasteiger partial charge on any atom is -0.497 e. The number of hydrogen-bond acceptors (Lipinski definition) is 7. The van der Waals surface area contributed by atoms with Crippen LogP contribution in [0.5, 0.6) is 11.5 Å². The molecule has 0 aliphatic carbocycles. The molecule has 1 aromatic carbocycles. The number of thiophene rings is 1. The monoisotopic (exact) mass is 486 g/mol. The van der Waals surface area contributed by atoms with E-state index >= 15 is 0 Å². The average molecular weight is 487 g/mol. The largest absolute Gasteiger partial charge is 0.497 e. The minimum atomic E-state index is -3.82. The molecule has 2 heterocycles. The number of carbonyl (C=O) groups excluding carboxylic acids is 2. The molecule has 1 aromatic heterocycles. The highest BCUT2D eigenvalue weighted by atomic mass is 35.5. The lowest BCUT2D eigenvalue weighted by Crippen LogP contribution is -2.50. The second-order valence-corrected chi connectivity index (χ2v) is 10.5. The van der Waals surface area contributed by atoms with Gasteiger partial charge in [0.15, 0.2) is 5.78 Å². The fraction of sp³-hybridized carbons (Fsp3) is 0.400. The number of halogens is 1. The lowest BCUT2D eigenvalue weighted by atomic mass is 10.1. The van der Waals surface area contributed by atoms with Crippen LogP contribution in [0, 0.1) is 0 Å². The second-order valence-electron chi connectivity index (χ2n) is 6.83. The molecule has 168 valence electrons. The number of hydrogen-bond donors (Lipinski definition) is 0. The van der Waals surface area contributed by atoms with E-state index in [0.29, 0.717) is 15.0 Å². The van der Waals surface area contributed by atoms with Gasteiger partial charge in [0.05, 0.1) is 23.4 Å². The van der Waals surface area contributed by atoms with Gasteiger partial charge in [0.2, 0.25) is 15.9 Å². The third-order valence-electron chi connectivity index (χ3n) is 4.99. The van der Waals surface area contributed by atoms with Crippen LogP contribution in [0.25, 0.3) is 0 Å². The molecule has 1 aliphatic rings. The first-order valence-corrected chi connectivity index (χ1v) is 12.2. The van der Waals surface area contributed by atoms with Crippen molar-refractivity contribution in [1.29, 1.82) is 0 Å². The summed E-state index contributed by atoms with van der Waals surface area (Å²) >= 11 is 7.03. The lowest BCUT2D eigenvalue weighted by molar-refractivity contribution is -0.132. The van der Waals surface area contributed by atoms with Crippen LogP contribution in [-0.4, -0.2) is 69.7 Å². The van der Waals surface area contributed by atoms with Gasteiger partial charge in [-0.2, -0.15) is 4.31 Å². The Balaban J connectivity index is 1.59.